The highest BCUT2D eigenvalue weighted by Gasteiger charge is 2.24. The Bertz CT molecular complexity index is 379. The van der Waals surface area contributed by atoms with Crippen molar-refractivity contribution in [3.63, 3.8) is 0 Å². The van der Waals surface area contributed by atoms with Crippen LogP contribution in [-0.2, 0) is 4.79 Å². The van der Waals surface area contributed by atoms with Gasteiger partial charge in [0.25, 0.3) is 0 Å². The highest BCUT2D eigenvalue weighted by Crippen LogP contribution is 2.32. The van der Waals surface area contributed by atoms with Crippen LogP contribution in [0.1, 0.15) is 13.8 Å². The maximum atomic E-state index is 11.6. The molecule has 0 aliphatic rings. The lowest BCUT2D eigenvalue weighted by Gasteiger charge is -2.16. The number of amides is 1. The highest BCUT2D eigenvalue weighted by atomic mass is 32.2. The van der Waals surface area contributed by atoms with Gasteiger partial charge in [-0.05, 0) is 5.92 Å². The Morgan fingerprint density at radius 1 is 1.47 bits per heavy atom. The molecule has 1 aromatic rings. The van der Waals surface area contributed by atoms with Crippen molar-refractivity contribution in [1.82, 2.24) is 15.6 Å². The Morgan fingerprint density at radius 3 is 2.53 bits per heavy atom. The van der Waals surface area contributed by atoms with Gasteiger partial charge in [-0.25, -0.2) is 5.84 Å². The molecule has 1 atom stereocenters. The maximum Gasteiger partial charge on any atom is 0.247 e. The van der Waals surface area contributed by atoms with Gasteiger partial charge in [-0.3, -0.25) is 10.2 Å². The highest BCUT2D eigenvalue weighted by molar-refractivity contribution is 8.02. The van der Waals surface area contributed by atoms with Crippen LogP contribution in [0.3, 0.4) is 0 Å². The molecule has 0 radical (unpaired) electrons. The summed E-state index contributed by atoms with van der Waals surface area (Å²) < 4.78 is 0.774. The van der Waals surface area contributed by atoms with E-state index in [1.807, 2.05) is 32.8 Å². The third kappa shape index (κ3) is 3.83. The Morgan fingerprint density at radius 2 is 2.12 bits per heavy atom. The van der Waals surface area contributed by atoms with E-state index in [-0.39, 0.29) is 17.1 Å². The average molecular weight is 275 g/mol. The number of thioether (sulfide) groups is 1. The van der Waals surface area contributed by atoms with E-state index < -0.39 is 0 Å². The minimum Gasteiger partial charge on any atom is -0.353 e. The number of nitrogens with one attached hydrogen (secondary N) is 1. The molecule has 8 heteroatoms. The third-order valence-electron chi connectivity index (χ3n) is 2.01. The van der Waals surface area contributed by atoms with Crippen LogP contribution in [0.4, 0.5) is 5.13 Å². The molecule has 17 heavy (non-hydrogen) atoms. The number of rotatable bonds is 5. The summed E-state index contributed by atoms with van der Waals surface area (Å²) in [4.78, 5) is 13.5. The number of nitrogens with two attached hydrogens (primary N) is 1. The lowest BCUT2D eigenvalue weighted by Crippen LogP contribution is -2.39. The summed E-state index contributed by atoms with van der Waals surface area (Å²) in [5, 5.41) is 8.64. The van der Waals surface area contributed by atoms with Crippen LogP contribution in [0, 0.1) is 5.92 Å². The number of hydrogen-bond donors (Lipinski definition) is 2. The van der Waals surface area contributed by atoms with Gasteiger partial charge in [-0.1, -0.05) is 36.9 Å². The molecule has 96 valence electrons. The Hall–Kier alpha value is -0.860. The smallest absolute Gasteiger partial charge is 0.247 e. The minimum absolute atomic E-state index is 0.176. The van der Waals surface area contributed by atoms with Gasteiger partial charge in [0.2, 0.25) is 11.0 Å². The van der Waals surface area contributed by atoms with E-state index >= 15 is 0 Å². The second-order valence-corrected chi connectivity index (χ2v) is 6.38. The lowest BCUT2D eigenvalue weighted by molar-refractivity contribution is -0.121. The molecule has 1 unspecified atom stereocenters. The molecule has 0 saturated carbocycles. The van der Waals surface area contributed by atoms with Gasteiger partial charge in [0.15, 0.2) is 4.34 Å². The van der Waals surface area contributed by atoms with Crippen LogP contribution >= 0.6 is 23.1 Å². The number of hydrazine groups is 1. The summed E-state index contributed by atoms with van der Waals surface area (Å²) >= 11 is 2.85. The molecule has 0 aromatic carbocycles. The Balaban J connectivity index is 2.75. The van der Waals surface area contributed by atoms with Gasteiger partial charge in [0, 0.05) is 14.1 Å². The summed E-state index contributed by atoms with van der Waals surface area (Å²) in [6.07, 6.45) is 0. The minimum atomic E-state index is -0.247. The molecule has 0 bridgehead atoms. The van der Waals surface area contributed by atoms with Gasteiger partial charge >= 0.3 is 0 Å². The van der Waals surface area contributed by atoms with Crippen molar-refractivity contribution in [3.8, 4) is 0 Å². The molecule has 0 aliphatic heterocycles. The van der Waals surface area contributed by atoms with Crippen molar-refractivity contribution < 1.29 is 4.79 Å². The van der Waals surface area contributed by atoms with Crippen molar-refractivity contribution in [2.75, 3.05) is 19.0 Å². The van der Waals surface area contributed by atoms with Crippen LogP contribution in [0.2, 0.25) is 0 Å². The van der Waals surface area contributed by atoms with E-state index in [2.05, 4.69) is 15.6 Å². The van der Waals surface area contributed by atoms with Gasteiger partial charge in [0.1, 0.15) is 0 Å². The first-order chi connectivity index (χ1) is 7.95. The third-order valence-corrected chi connectivity index (χ3v) is 4.73. The normalized spacial score (nSPS) is 12.6. The summed E-state index contributed by atoms with van der Waals surface area (Å²) in [6.45, 7) is 3.95. The van der Waals surface area contributed by atoms with Gasteiger partial charge in [-0.15, -0.1) is 10.2 Å². The van der Waals surface area contributed by atoms with Crippen molar-refractivity contribution in [1.29, 1.82) is 0 Å². The predicted molar refractivity (Wildman–Crippen MR) is 71.0 cm³/mol. The molecule has 0 aliphatic carbocycles. The second kappa shape index (κ2) is 6.18. The molecule has 0 fully saturated rings. The quantitative estimate of drug-likeness (QED) is 0.356. The monoisotopic (exact) mass is 275 g/mol. The fourth-order valence-electron chi connectivity index (χ4n) is 1.11. The van der Waals surface area contributed by atoms with E-state index in [9.17, 15) is 4.79 Å². The van der Waals surface area contributed by atoms with Crippen LogP contribution in [0.25, 0.3) is 0 Å². The van der Waals surface area contributed by atoms with Crippen molar-refractivity contribution in [2.24, 2.45) is 11.8 Å². The summed E-state index contributed by atoms with van der Waals surface area (Å²) in [5.41, 5.74) is 2.18. The first-order valence-corrected chi connectivity index (χ1v) is 6.83. The van der Waals surface area contributed by atoms with Gasteiger partial charge in [0.05, 0.1) is 5.25 Å². The number of anilines is 1. The number of nitrogens with zero attached hydrogens (tertiary/aromatic N) is 3. The standard InChI is InChI=1S/C9H17N5OS2/c1-5(2)6(7(15)11-10)16-9-13-12-8(17-9)14(3)4/h5-6H,10H2,1-4H3,(H,11,15). The SMILES string of the molecule is CC(C)C(Sc1nnc(N(C)C)s1)C(=O)NN. The zero-order valence-electron chi connectivity index (χ0n) is 10.3. The zero-order valence-corrected chi connectivity index (χ0v) is 11.9. The summed E-state index contributed by atoms with van der Waals surface area (Å²) in [7, 11) is 3.81. The van der Waals surface area contributed by atoms with E-state index in [0.29, 0.717) is 0 Å². The molecule has 6 nitrogen and oxygen atoms in total. The van der Waals surface area contributed by atoms with Crippen molar-refractivity contribution in [3.05, 3.63) is 0 Å². The van der Waals surface area contributed by atoms with E-state index in [1.54, 1.807) is 0 Å². The Labute approximate surface area is 109 Å². The first-order valence-electron chi connectivity index (χ1n) is 5.13. The first kappa shape index (κ1) is 14.2. The Kier molecular flexibility index (Phi) is 5.16. The van der Waals surface area contributed by atoms with E-state index in [1.165, 1.54) is 23.1 Å². The van der Waals surface area contributed by atoms with Crippen LogP contribution < -0.4 is 16.2 Å². The molecule has 0 spiro atoms. The average Bonchev–Trinajstić information content (AvgIpc) is 2.73. The molecular weight excluding hydrogens is 258 g/mol. The molecule has 1 aromatic heterocycles. The predicted octanol–water partition coefficient (Wildman–Crippen LogP) is 0.711. The topological polar surface area (TPSA) is 84.1 Å². The van der Waals surface area contributed by atoms with E-state index in [0.717, 1.165) is 9.47 Å². The van der Waals surface area contributed by atoms with Gasteiger partial charge < -0.3 is 4.90 Å². The van der Waals surface area contributed by atoms with Crippen LogP contribution in [0.5, 0.6) is 0 Å². The van der Waals surface area contributed by atoms with Crippen molar-refractivity contribution in [2.45, 2.75) is 23.4 Å². The summed E-state index contributed by atoms with van der Waals surface area (Å²) in [5.74, 6) is 5.15. The molecule has 0 saturated heterocycles. The molecule has 1 rings (SSSR count). The molecule has 1 amide bonds. The van der Waals surface area contributed by atoms with Crippen molar-refractivity contribution >= 4 is 34.1 Å². The largest absolute Gasteiger partial charge is 0.353 e. The molecule has 3 N–H and O–H groups in total. The number of carbonyl (C=O) groups is 1. The van der Waals surface area contributed by atoms with E-state index in [4.69, 9.17) is 5.84 Å². The lowest BCUT2D eigenvalue weighted by atomic mass is 10.1. The fraction of sp³-hybridized carbons (Fsp3) is 0.667. The molecular formula is C9H17N5OS2. The van der Waals surface area contributed by atoms with Crippen LogP contribution in [-0.4, -0.2) is 35.4 Å². The van der Waals surface area contributed by atoms with Crippen LogP contribution in [0.15, 0.2) is 4.34 Å². The summed E-state index contributed by atoms with van der Waals surface area (Å²) in [6, 6.07) is 0. The molecule has 1 heterocycles. The zero-order chi connectivity index (χ0) is 13.0. The second-order valence-electron chi connectivity index (χ2n) is 4.04. The number of hydrogen-bond acceptors (Lipinski definition) is 7. The number of aromatic nitrogens is 2. The maximum absolute atomic E-state index is 11.6. The number of carbonyl (C=O) groups excluding carboxylic acids is 1. The fourth-order valence-corrected chi connectivity index (χ4v) is 3.10. The van der Waals surface area contributed by atoms with Gasteiger partial charge in [-0.2, -0.15) is 0 Å².